The molecule has 0 spiro atoms. The van der Waals surface area contributed by atoms with Crippen molar-refractivity contribution >= 4 is 28.3 Å². The highest BCUT2D eigenvalue weighted by Crippen LogP contribution is 2.27. The lowest BCUT2D eigenvalue weighted by Gasteiger charge is -2.20. The van der Waals surface area contributed by atoms with Crippen molar-refractivity contribution in [3.05, 3.63) is 35.7 Å². The third kappa shape index (κ3) is 3.85. The molecule has 4 heterocycles. The number of rotatable bonds is 5. The van der Waals surface area contributed by atoms with Gasteiger partial charge in [-0.3, -0.25) is 4.79 Å². The number of carbonyl (C=O) groups excluding carboxylic acids is 1. The summed E-state index contributed by atoms with van der Waals surface area (Å²) in [7, 11) is 0. The van der Waals surface area contributed by atoms with Crippen molar-refractivity contribution in [3.8, 4) is 22.2 Å². The topological polar surface area (TPSA) is 89.9 Å². The Balaban J connectivity index is 1.30. The molecular weight excluding hydrogens is 400 g/mol. The van der Waals surface area contributed by atoms with E-state index in [9.17, 15) is 4.79 Å². The number of aryl methyl sites for hydroxylation is 1. The number of thiophene rings is 1. The molecule has 0 atom stereocenters. The monoisotopic (exact) mass is 422 g/mol. The van der Waals surface area contributed by atoms with E-state index >= 15 is 0 Å². The molecule has 1 amide bonds. The second-order valence-corrected chi connectivity index (χ2v) is 8.41. The zero-order chi connectivity index (χ0) is 20.3. The van der Waals surface area contributed by atoms with Gasteiger partial charge in [-0.05, 0) is 42.5 Å². The molecule has 1 aromatic carbocycles. The van der Waals surface area contributed by atoms with Gasteiger partial charge in [0.25, 0.3) is 5.89 Å². The number of aromatic nitrogens is 5. The van der Waals surface area contributed by atoms with Crippen molar-refractivity contribution in [1.82, 2.24) is 30.0 Å². The van der Waals surface area contributed by atoms with Crippen LogP contribution in [0.2, 0.25) is 0 Å². The van der Waals surface area contributed by atoms with Gasteiger partial charge in [0.05, 0.1) is 16.9 Å². The molecule has 8 nitrogen and oxygen atoms in total. The molecule has 0 radical (unpaired) electrons. The first-order valence-corrected chi connectivity index (χ1v) is 11.1. The summed E-state index contributed by atoms with van der Waals surface area (Å²) in [5.74, 6) is 1.23. The fourth-order valence-corrected chi connectivity index (χ4v) is 4.44. The maximum atomic E-state index is 12.6. The second-order valence-electron chi connectivity index (χ2n) is 7.46. The summed E-state index contributed by atoms with van der Waals surface area (Å²) < 4.78 is 7.17. The fraction of sp³-hybridized carbons (Fsp3) is 0.381. The molecule has 5 rings (SSSR count). The van der Waals surface area contributed by atoms with E-state index in [0.29, 0.717) is 24.7 Å². The first-order valence-electron chi connectivity index (χ1n) is 10.3. The molecule has 3 aromatic heterocycles. The van der Waals surface area contributed by atoms with Gasteiger partial charge in [0.2, 0.25) is 11.7 Å². The molecule has 1 saturated heterocycles. The number of likely N-dealkylation sites (tertiary alicyclic amines) is 1. The minimum absolute atomic E-state index is 0.199. The van der Waals surface area contributed by atoms with Gasteiger partial charge in [-0.25, -0.2) is 4.68 Å². The van der Waals surface area contributed by atoms with Crippen molar-refractivity contribution in [3.63, 3.8) is 0 Å². The number of fused-ring (bicyclic) bond motifs is 1. The average molecular weight is 423 g/mol. The SMILES string of the molecule is O=C(CCn1nnc2cc(-c3noc(-c4cccs4)n3)ccc21)N1CCCCCC1. The van der Waals surface area contributed by atoms with Crippen LogP contribution in [-0.2, 0) is 11.3 Å². The minimum atomic E-state index is 0.199. The molecule has 0 N–H and O–H groups in total. The van der Waals surface area contributed by atoms with Crippen LogP contribution in [0.25, 0.3) is 33.2 Å². The van der Waals surface area contributed by atoms with Crippen LogP contribution in [0.15, 0.2) is 40.2 Å². The van der Waals surface area contributed by atoms with Crippen molar-refractivity contribution in [2.24, 2.45) is 0 Å². The van der Waals surface area contributed by atoms with E-state index in [-0.39, 0.29) is 5.91 Å². The first kappa shape index (κ1) is 18.9. The third-order valence-electron chi connectivity index (χ3n) is 5.43. The largest absolute Gasteiger partial charge is 0.343 e. The Morgan fingerprint density at radius 2 is 2.00 bits per heavy atom. The Labute approximate surface area is 177 Å². The average Bonchev–Trinajstić information content (AvgIpc) is 3.49. The zero-order valence-corrected chi connectivity index (χ0v) is 17.3. The predicted molar refractivity (Wildman–Crippen MR) is 114 cm³/mol. The quantitative estimate of drug-likeness (QED) is 0.483. The summed E-state index contributed by atoms with van der Waals surface area (Å²) in [5, 5.41) is 14.6. The summed E-state index contributed by atoms with van der Waals surface area (Å²) >= 11 is 1.56. The van der Waals surface area contributed by atoms with E-state index in [1.807, 2.05) is 40.6 Å². The Hall–Kier alpha value is -3.07. The summed E-state index contributed by atoms with van der Waals surface area (Å²) in [5.41, 5.74) is 2.46. The molecule has 0 saturated carbocycles. The van der Waals surface area contributed by atoms with Crippen molar-refractivity contribution in [2.75, 3.05) is 13.1 Å². The molecule has 154 valence electrons. The second kappa shape index (κ2) is 8.35. The summed E-state index contributed by atoms with van der Waals surface area (Å²) in [4.78, 5) is 20.0. The number of hydrogen-bond donors (Lipinski definition) is 0. The van der Waals surface area contributed by atoms with Gasteiger partial charge in [0.1, 0.15) is 5.52 Å². The maximum absolute atomic E-state index is 12.6. The lowest BCUT2D eigenvalue weighted by atomic mass is 10.2. The zero-order valence-electron chi connectivity index (χ0n) is 16.5. The number of hydrogen-bond acceptors (Lipinski definition) is 7. The van der Waals surface area contributed by atoms with Crippen LogP contribution in [0.4, 0.5) is 0 Å². The molecule has 9 heteroatoms. The lowest BCUT2D eigenvalue weighted by molar-refractivity contribution is -0.131. The molecule has 1 aliphatic heterocycles. The van der Waals surface area contributed by atoms with Gasteiger partial charge >= 0.3 is 0 Å². The van der Waals surface area contributed by atoms with Gasteiger partial charge < -0.3 is 9.42 Å². The van der Waals surface area contributed by atoms with E-state index in [1.54, 1.807) is 16.0 Å². The van der Waals surface area contributed by atoms with E-state index in [4.69, 9.17) is 4.52 Å². The molecule has 0 aliphatic carbocycles. The van der Waals surface area contributed by atoms with Crippen LogP contribution in [0, 0.1) is 0 Å². The van der Waals surface area contributed by atoms with E-state index < -0.39 is 0 Å². The molecule has 30 heavy (non-hydrogen) atoms. The predicted octanol–water partition coefficient (Wildman–Crippen LogP) is 4.00. The van der Waals surface area contributed by atoms with Crippen LogP contribution in [-0.4, -0.2) is 49.0 Å². The standard InChI is InChI=1S/C21H22N6O2S/c28-19(26-10-3-1-2-4-11-26)9-12-27-17-8-7-15(14-16(17)23-25-27)20-22-21(29-24-20)18-6-5-13-30-18/h5-8,13-14H,1-4,9-12H2. The molecule has 1 aliphatic rings. The fourth-order valence-electron chi connectivity index (χ4n) is 3.80. The molecule has 1 fully saturated rings. The Kier molecular flexibility index (Phi) is 5.27. The van der Waals surface area contributed by atoms with Gasteiger partial charge in [-0.1, -0.05) is 29.3 Å². The van der Waals surface area contributed by atoms with E-state index in [2.05, 4.69) is 20.5 Å². The highest BCUT2D eigenvalue weighted by molar-refractivity contribution is 7.13. The smallest absolute Gasteiger partial charge is 0.268 e. The van der Waals surface area contributed by atoms with Crippen LogP contribution in [0.3, 0.4) is 0 Å². The van der Waals surface area contributed by atoms with E-state index in [0.717, 1.165) is 47.4 Å². The number of carbonyl (C=O) groups is 1. The number of amides is 1. The third-order valence-corrected chi connectivity index (χ3v) is 6.28. The number of benzene rings is 1. The summed E-state index contributed by atoms with van der Waals surface area (Å²) in [6, 6.07) is 9.68. The molecule has 4 aromatic rings. The van der Waals surface area contributed by atoms with Gasteiger partial charge in [-0.2, -0.15) is 4.98 Å². The normalized spacial score (nSPS) is 14.9. The molecule has 0 unspecified atom stereocenters. The van der Waals surface area contributed by atoms with Crippen LogP contribution in [0.1, 0.15) is 32.1 Å². The van der Waals surface area contributed by atoms with Crippen LogP contribution >= 0.6 is 11.3 Å². The highest BCUT2D eigenvalue weighted by Gasteiger charge is 2.17. The summed E-state index contributed by atoms with van der Waals surface area (Å²) in [6.07, 6.45) is 5.08. The Bertz CT molecular complexity index is 1140. The van der Waals surface area contributed by atoms with Crippen molar-refractivity contribution in [2.45, 2.75) is 38.6 Å². The minimum Gasteiger partial charge on any atom is -0.343 e. The number of nitrogens with zero attached hydrogens (tertiary/aromatic N) is 6. The van der Waals surface area contributed by atoms with Crippen molar-refractivity contribution in [1.29, 1.82) is 0 Å². The molecular formula is C21H22N6O2S. The Morgan fingerprint density at radius 3 is 2.80 bits per heavy atom. The first-order chi connectivity index (χ1) is 14.8. The van der Waals surface area contributed by atoms with E-state index in [1.165, 1.54) is 12.8 Å². The highest BCUT2D eigenvalue weighted by atomic mass is 32.1. The summed E-state index contributed by atoms with van der Waals surface area (Å²) in [6.45, 7) is 2.27. The van der Waals surface area contributed by atoms with Crippen LogP contribution in [0.5, 0.6) is 0 Å². The molecule has 0 bridgehead atoms. The lowest BCUT2D eigenvalue weighted by Crippen LogP contribution is -2.32. The maximum Gasteiger partial charge on any atom is 0.268 e. The van der Waals surface area contributed by atoms with Crippen molar-refractivity contribution < 1.29 is 9.32 Å². The van der Waals surface area contributed by atoms with Crippen LogP contribution < -0.4 is 0 Å². The van der Waals surface area contributed by atoms with Gasteiger partial charge in [-0.15, -0.1) is 16.4 Å². The van der Waals surface area contributed by atoms with Gasteiger partial charge in [0.15, 0.2) is 0 Å². The van der Waals surface area contributed by atoms with Gasteiger partial charge in [0, 0.05) is 25.1 Å². The Morgan fingerprint density at radius 1 is 1.13 bits per heavy atom.